The van der Waals surface area contributed by atoms with Gasteiger partial charge in [-0.25, -0.2) is 8.42 Å². The molecule has 2 saturated heterocycles. The Morgan fingerprint density at radius 1 is 1.15 bits per heavy atom. The van der Waals surface area contributed by atoms with E-state index in [1.54, 1.807) is 7.05 Å². The number of hydrogen-bond donors (Lipinski definition) is 0. The van der Waals surface area contributed by atoms with Crippen LogP contribution < -0.4 is 0 Å². The third-order valence-corrected chi connectivity index (χ3v) is 6.66. The van der Waals surface area contributed by atoms with Gasteiger partial charge in [-0.2, -0.15) is 4.31 Å². The zero-order chi connectivity index (χ0) is 18.7. The molecule has 0 aliphatic carbocycles. The first-order valence-electron chi connectivity index (χ1n) is 9.33. The lowest BCUT2D eigenvalue weighted by atomic mass is 9.95. The summed E-state index contributed by atoms with van der Waals surface area (Å²) >= 11 is 0. The highest BCUT2D eigenvalue weighted by atomic mass is 32.2. The number of rotatable bonds is 6. The molecule has 0 spiro atoms. The summed E-state index contributed by atoms with van der Waals surface area (Å²) in [6, 6.07) is 3.74. The van der Waals surface area contributed by atoms with Crippen LogP contribution in [0, 0.1) is 5.92 Å². The molecule has 0 radical (unpaired) electrons. The van der Waals surface area contributed by atoms with Gasteiger partial charge >= 0.3 is 0 Å². The highest BCUT2D eigenvalue weighted by Crippen LogP contribution is 2.23. The van der Waals surface area contributed by atoms with E-state index >= 15 is 0 Å². The maximum atomic E-state index is 12.5. The Morgan fingerprint density at radius 3 is 2.38 bits per heavy atom. The van der Waals surface area contributed by atoms with Gasteiger partial charge in [-0.3, -0.25) is 9.69 Å². The molecule has 2 aliphatic rings. The quantitative estimate of drug-likeness (QED) is 0.744. The van der Waals surface area contributed by atoms with Crippen molar-refractivity contribution in [2.24, 2.45) is 5.92 Å². The summed E-state index contributed by atoms with van der Waals surface area (Å²) in [4.78, 5) is 16.8. The maximum Gasteiger partial charge on any atom is 0.225 e. The van der Waals surface area contributed by atoms with Gasteiger partial charge in [0.05, 0.1) is 19.3 Å². The second-order valence-electron chi connectivity index (χ2n) is 7.47. The van der Waals surface area contributed by atoms with Crippen molar-refractivity contribution in [2.45, 2.75) is 38.8 Å². The molecule has 0 atom stereocenters. The molecule has 0 aromatic carbocycles. The zero-order valence-corrected chi connectivity index (χ0v) is 16.5. The Kier molecular flexibility index (Phi) is 6.04. The molecule has 0 unspecified atom stereocenters. The summed E-state index contributed by atoms with van der Waals surface area (Å²) in [5.41, 5.74) is 0. The SMILES string of the molecule is CN(Cc1ccc(CN2CCC(C(=O)N3CCCC3)CC2)o1)S(C)(=O)=O. The normalized spacial score (nSPS) is 20.2. The van der Waals surface area contributed by atoms with Gasteiger partial charge < -0.3 is 9.32 Å². The van der Waals surface area contributed by atoms with Gasteiger partial charge in [0.1, 0.15) is 11.5 Å². The van der Waals surface area contributed by atoms with E-state index < -0.39 is 10.0 Å². The topological polar surface area (TPSA) is 74.1 Å². The van der Waals surface area contributed by atoms with Crippen molar-refractivity contribution in [3.63, 3.8) is 0 Å². The highest BCUT2D eigenvalue weighted by molar-refractivity contribution is 7.88. The van der Waals surface area contributed by atoms with Gasteiger partial charge in [0.2, 0.25) is 15.9 Å². The Hall–Kier alpha value is -1.38. The minimum Gasteiger partial charge on any atom is -0.463 e. The van der Waals surface area contributed by atoms with E-state index in [1.165, 1.54) is 10.6 Å². The average Bonchev–Trinajstić information content (AvgIpc) is 3.26. The lowest BCUT2D eigenvalue weighted by Gasteiger charge is -2.32. The number of piperidine rings is 1. The van der Waals surface area contributed by atoms with Gasteiger partial charge in [-0.05, 0) is 50.9 Å². The van der Waals surface area contributed by atoms with Gasteiger partial charge in [0, 0.05) is 26.1 Å². The predicted molar refractivity (Wildman–Crippen MR) is 98.8 cm³/mol. The van der Waals surface area contributed by atoms with Crippen molar-refractivity contribution >= 4 is 15.9 Å². The smallest absolute Gasteiger partial charge is 0.225 e. The van der Waals surface area contributed by atoms with Crippen LogP contribution in [0.3, 0.4) is 0 Å². The maximum absolute atomic E-state index is 12.5. The van der Waals surface area contributed by atoms with Crippen molar-refractivity contribution in [3.8, 4) is 0 Å². The molecule has 1 aromatic heterocycles. The first-order chi connectivity index (χ1) is 12.3. The molecule has 3 rings (SSSR count). The van der Waals surface area contributed by atoms with Crippen molar-refractivity contribution in [3.05, 3.63) is 23.7 Å². The zero-order valence-electron chi connectivity index (χ0n) is 15.7. The van der Waals surface area contributed by atoms with Gasteiger partial charge in [0.25, 0.3) is 0 Å². The van der Waals surface area contributed by atoms with Crippen molar-refractivity contribution < 1.29 is 17.6 Å². The molecule has 0 bridgehead atoms. The number of carbonyl (C=O) groups is 1. The van der Waals surface area contributed by atoms with E-state index in [-0.39, 0.29) is 12.5 Å². The number of nitrogens with zero attached hydrogens (tertiary/aromatic N) is 3. The van der Waals surface area contributed by atoms with Crippen molar-refractivity contribution in [2.75, 3.05) is 39.5 Å². The van der Waals surface area contributed by atoms with Gasteiger partial charge in [-0.1, -0.05) is 0 Å². The molecule has 26 heavy (non-hydrogen) atoms. The van der Waals surface area contributed by atoms with Crippen LogP contribution in [0.15, 0.2) is 16.5 Å². The summed E-state index contributed by atoms with van der Waals surface area (Å²) in [5.74, 6) is 1.99. The lowest BCUT2D eigenvalue weighted by molar-refractivity contribution is -0.136. The first kappa shape index (κ1) is 19.4. The number of amides is 1. The molecule has 2 aliphatic heterocycles. The van der Waals surface area contributed by atoms with Crippen LogP contribution in [0.5, 0.6) is 0 Å². The second-order valence-corrected chi connectivity index (χ2v) is 9.56. The minimum absolute atomic E-state index is 0.167. The third kappa shape index (κ3) is 4.86. The number of sulfonamides is 1. The van der Waals surface area contributed by atoms with E-state index in [0.29, 0.717) is 18.2 Å². The minimum atomic E-state index is -3.21. The number of hydrogen-bond acceptors (Lipinski definition) is 5. The van der Waals surface area contributed by atoms with Crippen molar-refractivity contribution in [1.82, 2.24) is 14.1 Å². The van der Waals surface area contributed by atoms with E-state index in [2.05, 4.69) is 4.90 Å². The summed E-state index contributed by atoms with van der Waals surface area (Å²) < 4.78 is 30.0. The van der Waals surface area contributed by atoms with Crippen LogP contribution in [0.2, 0.25) is 0 Å². The summed E-state index contributed by atoms with van der Waals surface area (Å²) in [6.07, 6.45) is 5.27. The lowest BCUT2D eigenvalue weighted by Crippen LogP contribution is -2.41. The van der Waals surface area contributed by atoms with Crippen LogP contribution in [0.1, 0.15) is 37.2 Å². The highest BCUT2D eigenvalue weighted by Gasteiger charge is 2.30. The Bertz CT molecular complexity index is 717. The summed E-state index contributed by atoms with van der Waals surface area (Å²) in [7, 11) is -1.67. The fourth-order valence-corrected chi connectivity index (χ4v) is 4.04. The van der Waals surface area contributed by atoms with E-state index in [4.69, 9.17) is 4.42 Å². The molecule has 3 heterocycles. The van der Waals surface area contributed by atoms with Crippen LogP contribution in [-0.4, -0.2) is 67.9 Å². The van der Waals surface area contributed by atoms with Gasteiger partial charge in [0.15, 0.2) is 0 Å². The standard InChI is InChI=1S/C18H29N3O4S/c1-19(26(2,23)24)13-16-5-6-17(25-16)14-20-11-7-15(8-12-20)18(22)21-9-3-4-10-21/h5-6,15H,3-4,7-14H2,1-2H3. The molecule has 0 saturated carbocycles. The number of likely N-dealkylation sites (tertiary alicyclic amines) is 2. The van der Waals surface area contributed by atoms with Crippen LogP contribution in [0.4, 0.5) is 0 Å². The Morgan fingerprint density at radius 2 is 1.77 bits per heavy atom. The molecule has 146 valence electrons. The molecule has 8 heteroatoms. The summed E-state index contributed by atoms with van der Waals surface area (Å²) in [6.45, 7) is 4.58. The monoisotopic (exact) mass is 383 g/mol. The van der Waals surface area contributed by atoms with Crippen molar-refractivity contribution in [1.29, 1.82) is 0 Å². The van der Waals surface area contributed by atoms with Crippen LogP contribution in [-0.2, 0) is 27.9 Å². The van der Waals surface area contributed by atoms with E-state index in [1.807, 2.05) is 17.0 Å². The Balaban J connectivity index is 1.47. The average molecular weight is 384 g/mol. The van der Waals surface area contributed by atoms with E-state index in [0.717, 1.165) is 57.6 Å². The van der Waals surface area contributed by atoms with Gasteiger partial charge in [-0.15, -0.1) is 0 Å². The molecule has 2 fully saturated rings. The van der Waals surface area contributed by atoms with E-state index in [9.17, 15) is 13.2 Å². The summed E-state index contributed by atoms with van der Waals surface area (Å²) in [5, 5.41) is 0. The fourth-order valence-electron chi connectivity index (χ4n) is 3.68. The second kappa shape index (κ2) is 8.10. The molecular weight excluding hydrogens is 354 g/mol. The largest absolute Gasteiger partial charge is 0.463 e. The predicted octanol–water partition coefficient (Wildman–Crippen LogP) is 1.51. The molecular formula is C18H29N3O4S. The molecule has 1 amide bonds. The molecule has 0 N–H and O–H groups in total. The fraction of sp³-hybridized carbons (Fsp3) is 0.722. The molecule has 7 nitrogen and oxygen atoms in total. The number of carbonyl (C=O) groups excluding carboxylic acids is 1. The van der Waals surface area contributed by atoms with Crippen LogP contribution in [0.25, 0.3) is 0 Å². The third-order valence-electron chi connectivity index (χ3n) is 5.40. The first-order valence-corrected chi connectivity index (χ1v) is 11.2. The Labute approximate surface area is 156 Å². The molecule has 1 aromatic rings. The number of furan rings is 1. The van der Waals surface area contributed by atoms with Crippen LogP contribution >= 0.6 is 0 Å².